The van der Waals surface area contributed by atoms with E-state index in [-0.39, 0.29) is 6.10 Å². The number of hydrogen-bond donors (Lipinski definition) is 0. The van der Waals surface area contributed by atoms with Crippen molar-refractivity contribution in [3.05, 3.63) is 30.1 Å². The molecule has 3 atom stereocenters. The fourth-order valence-electron chi connectivity index (χ4n) is 3.61. The molecule has 1 aromatic heterocycles. The van der Waals surface area contributed by atoms with Gasteiger partial charge >= 0.3 is 0 Å². The molecule has 3 aliphatic rings. The molecule has 0 N–H and O–H groups in total. The first-order chi connectivity index (χ1) is 10.4. The van der Waals surface area contributed by atoms with Crippen LogP contribution < -0.4 is 0 Å². The van der Waals surface area contributed by atoms with Gasteiger partial charge in [0, 0.05) is 31.9 Å². The van der Waals surface area contributed by atoms with E-state index in [4.69, 9.17) is 9.47 Å². The van der Waals surface area contributed by atoms with Crippen molar-refractivity contribution in [2.24, 2.45) is 5.92 Å². The maximum atomic E-state index is 6.13. The Hall–Kier alpha value is -0.970. The molecule has 0 aromatic carbocycles. The Kier molecular flexibility index (Phi) is 3.93. The number of rotatable bonds is 5. The Morgan fingerprint density at radius 3 is 3.00 bits per heavy atom. The van der Waals surface area contributed by atoms with Gasteiger partial charge in [-0.25, -0.2) is 0 Å². The van der Waals surface area contributed by atoms with E-state index in [1.807, 2.05) is 12.3 Å². The Balaban J connectivity index is 1.38. The van der Waals surface area contributed by atoms with Crippen LogP contribution in [0.2, 0.25) is 0 Å². The van der Waals surface area contributed by atoms with Gasteiger partial charge in [0.1, 0.15) is 0 Å². The fourth-order valence-corrected chi connectivity index (χ4v) is 3.61. The van der Waals surface area contributed by atoms with Crippen molar-refractivity contribution in [1.29, 1.82) is 0 Å². The topological polar surface area (TPSA) is 34.6 Å². The van der Waals surface area contributed by atoms with Gasteiger partial charge in [-0.05, 0) is 43.7 Å². The summed E-state index contributed by atoms with van der Waals surface area (Å²) in [6, 6.07) is 6.66. The number of aromatic nitrogens is 1. The van der Waals surface area contributed by atoms with E-state index in [0.717, 1.165) is 44.3 Å². The molecule has 1 aliphatic heterocycles. The number of nitrogens with zero attached hydrogens (tertiary/aromatic N) is 2. The van der Waals surface area contributed by atoms with Gasteiger partial charge in [0.05, 0.1) is 24.5 Å². The molecule has 4 rings (SSSR count). The van der Waals surface area contributed by atoms with E-state index in [1.54, 1.807) is 0 Å². The fraction of sp³-hybridized carbons (Fsp3) is 0.706. The molecule has 0 amide bonds. The van der Waals surface area contributed by atoms with Gasteiger partial charge < -0.3 is 9.47 Å². The zero-order valence-electron chi connectivity index (χ0n) is 12.5. The van der Waals surface area contributed by atoms with Gasteiger partial charge in [-0.2, -0.15) is 0 Å². The minimum Gasteiger partial charge on any atom is -0.375 e. The van der Waals surface area contributed by atoms with Crippen LogP contribution in [0.15, 0.2) is 24.4 Å². The van der Waals surface area contributed by atoms with Crippen LogP contribution in [0.3, 0.4) is 0 Å². The molecule has 4 nitrogen and oxygen atoms in total. The van der Waals surface area contributed by atoms with Crippen molar-refractivity contribution in [1.82, 2.24) is 9.88 Å². The minimum absolute atomic E-state index is 0.265. The first kappa shape index (κ1) is 13.7. The third-order valence-electron chi connectivity index (χ3n) is 4.98. The average molecular weight is 288 g/mol. The van der Waals surface area contributed by atoms with Gasteiger partial charge in [-0.3, -0.25) is 9.88 Å². The molecule has 3 fully saturated rings. The standard InChI is InChI=1S/C17H24N2O2/c1-2-8-18-14(3-1)11-19-9-10-20-17-15(19)6-7-16(17)21-12-13-4-5-13/h1-3,8,13,15-17H,4-7,9-12H2/t15-,16+,17+/m0/s1. The van der Waals surface area contributed by atoms with Crippen molar-refractivity contribution < 1.29 is 9.47 Å². The van der Waals surface area contributed by atoms with Crippen LogP contribution in [-0.2, 0) is 16.0 Å². The van der Waals surface area contributed by atoms with Crippen molar-refractivity contribution >= 4 is 0 Å². The van der Waals surface area contributed by atoms with Crippen molar-refractivity contribution in [2.45, 2.75) is 50.5 Å². The number of fused-ring (bicyclic) bond motifs is 1. The Morgan fingerprint density at radius 2 is 2.19 bits per heavy atom. The highest BCUT2D eigenvalue weighted by atomic mass is 16.5. The summed E-state index contributed by atoms with van der Waals surface area (Å²) in [4.78, 5) is 7.00. The molecule has 2 saturated carbocycles. The second-order valence-corrected chi connectivity index (χ2v) is 6.59. The lowest BCUT2D eigenvalue weighted by Gasteiger charge is -2.38. The van der Waals surface area contributed by atoms with Crippen LogP contribution in [0.4, 0.5) is 0 Å². The van der Waals surface area contributed by atoms with E-state index < -0.39 is 0 Å². The van der Waals surface area contributed by atoms with E-state index in [1.165, 1.54) is 19.3 Å². The molecule has 2 aliphatic carbocycles. The molecular weight excluding hydrogens is 264 g/mol. The van der Waals surface area contributed by atoms with Gasteiger partial charge in [0.25, 0.3) is 0 Å². The molecule has 1 saturated heterocycles. The molecule has 114 valence electrons. The minimum atomic E-state index is 0.265. The van der Waals surface area contributed by atoms with Crippen LogP contribution >= 0.6 is 0 Å². The summed E-state index contributed by atoms with van der Waals surface area (Å²) in [7, 11) is 0. The van der Waals surface area contributed by atoms with E-state index in [0.29, 0.717) is 12.1 Å². The van der Waals surface area contributed by atoms with Crippen molar-refractivity contribution in [2.75, 3.05) is 19.8 Å². The number of pyridine rings is 1. The second-order valence-electron chi connectivity index (χ2n) is 6.59. The third-order valence-corrected chi connectivity index (χ3v) is 4.98. The number of hydrogen-bond acceptors (Lipinski definition) is 4. The molecule has 21 heavy (non-hydrogen) atoms. The van der Waals surface area contributed by atoms with Crippen molar-refractivity contribution in [3.8, 4) is 0 Å². The number of ether oxygens (including phenoxy) is 2. The summed E-state index contributed by atoms with van der Waals surface area (Å²) in [6.07, 6.45) is 7.49. The number of morpholine rings is 1. The first-order valence-corrected chi connectivity index (χ1v) is 8.27. The molecule has 0 bridgehead atoms. The van der Waals surface area contributed by atoms with Gasteiger partial charge in [-0.15, -0.1) is 0 Å². The predicted molar refractivity (Wildman–Crippen MR) is 79.9 cm³/mol. The maximum Gasteiger partial charge on any atom is 0.0992 e. The average Bonchev–Trinajstić information content (AvgIpc) is 3.26. The van der Waals surface area contributed by atoms with Gasteiger partial charge in [0.15, 0.2) is 0 Å². The van der Waals surface area contributed by atoms with Crippen LogP contribution in [0.25, 0.3) is 0 Å². The van der Waals surface area contributed by atoms with Crippen LogP contribution in [0, 0.1) is 5.92 Å². The molecule has 2 heterocycles. The summed E-state index contributed by atoms with van der Waals surface area (Å²) >= 11 is 0. The van der Waals surface area contributed by atoms with Crippen LogP contribution in [-0.4, -0.2) is 47.9 Å². The summed E-state index contributed by atoms with van der Waals surface area (Å²) in [6.45, 7) is 3.70. The molecule has 0 spiro atoms. The Morgan fingerprint density at radius 1 is 1.24 bits per heavy atom. The highest BCUT2D eigenvalue weighted by Crippen LogP contribution is 2.35. The Bertz CT molecular complexity index is 463. The van der Waals surface area contributed by atoms with E-state index in [9.17, 15) is 0 Å². The van der Waals surface area contributed by atoms with Crippen LogP contribution in [0.5, 0.6) is 0 Å². The first-order valence-electron chi connectivity index (χ1n) is 8.27. The monoisotopic (exact) mass is 288 g/mol. The maximum absolute atomic E-state index is 6.13. The highest BCUT2D eigenvalue weighted by Gasteiger charge is 2.43. The molecule has 4 heteroatoms. The quantitative estimate of drug-likeness (QED) is 0.832. The Labute approximate surface area is 126 Å². The summed E-state index contributed by atoms with van der Waals surface area (Å²) in [5.41, 5.74) is 1.15. The summed E-state index contributed by atoms with van der Waals surface area (Å²) in [5, 5.41) is 0. The van der Waals surface area contributed by atoms with E-state index >= 15 is 0 Å². The smallest absolute Gasteiger partial charge is 0.0992 e. The zero-order valence-corrected chi connectivity index (χ0v) is 12.5. The summed E-state index contributed by atoms with van der Waals surface area (Å²) in [5.74, 6) is 0.831. The van der Waals surface area contributed by atoms with Crippen molar-refractivity contribution in [3.63, 3.8) is 0 Å². The molecule has 0 unspecified atom stereocenters. The molecule has 0 radical (unpaired) electrons. The second kappa shape index (κ2) is 6.03. The predicted octanol–water partition coefficient (Wildman–Crippen LogP) is 2.24. The van der Waals surface area contributed by atoms with E-state index in [2.05, 4.69) is 22.0 Å². The highest BCUT2D eigenvalue weighted by molar-refractivity contribution is 5.05. The van der Waals surface area contributed by atoms with Gasteiger partial charge in [-0.1, -0.05) is 6.07 Å². The van der Waals surface area contributed by atoms with Gasteiger partial charge in [0.2, 0.25) is 0 Å². The SMILES string of the molecule is c1ccc(CN2CCO[C@H]3[C@H](OCC4CC4)CC[C@@H]32)nc1. The normalized spacial score (nSPS) is 33.0. The van der Waals surface area contributed by atoms with Crippen LogP contribution in [0.1, 0.15) is 31.4 Å². The lowest BCUT2D eigenvalue weighted by molar-refractivity contribution is -0.116. The third kappa shape index (κ3) is 3.12. The lowest BCUT2D eigenvalue weighted by Crippen LogP contribution is -2.51. The summed E-state index contributed by atoms with van der Waals surface area (Å²) < 4.78 is 12.2. The zero-order chi connectivity index (χ0) is 14.1. The largest absolute Gasteiger partial charge is 0.375 e. The molecular formula is C17H24N2O2. The lowest BCUT2D eigenvalue weighted by atomic mass is 10.1. The molecule has 1 aromatic rings.